The molecular formula is C10H11NO5. The number of aliphatic hydroxyl groups is 1. The first-order valence-corrected chi connectivity index (χ1v) is 4.52. The van der Waals surface area contributed by atoms with Gasteiger partial charge in [0.05, 0.1) is 4.92 Å². The van der Waals surface area contributed by atoms with Crippen molar-refractivity contribution in [1.82, 2.24) is 0 Å². The molecule has 0 aliphatic carbocycles. The van der Waals surface area contributed by atoms with Crippen LogP contribution in [0.5, 0.6) is 0 Å². The molecule has 0 spiro atoms. The van der Waals surface area contributed by atoms with Crippen LogP contribution in [0.25, 0.3) is 0 Å². The smallest absolute Gasteiger partial charge is 0.335 e. The highest BCUT2D eigenvalue weighted by molar-refractivity contribution is 5.76. The summed E-state index contributed by atoms with van der Waals surface area (Å²) in [5.74, 6) is -1.33. The predicted octanol–water partition coefficient (Wildman–Crippen LogP) is 0.973. The minimum atomic E-state index is -1.86. The molecule has 0 saturated carbocycles. The zero-order chi connectivity index (χ0) is 12.3. The zero-order valence-corrected chi connectivity index (χ0v) is 8.58. The van der Waals surface area contributed by atoms with Crippen LogP contribution in [-0.2, 0) is 11.2 Å². The summed E-state index contributed by atoms with van der Waals surface area (Å²) in [5, 5.41) is 28.5. The third-order valence-corrected chi connectivity index (χ3v) is 2.16. The molecule has 0 bridgehead atoms. The Balaban J connectivity index is 2.84. The lowest BCUT2D eigenvalue weighted by molar-refractivity contribution is -0.384. The first kappa shape index (κ1) is 12.1. The Kier molecular flexibility index (Phi) is 3.24. The van der Waals surface area contributed by atoms with Gasteiger partial charge in [0.2, 0.25) is 0 Å². The van der Waals surface area contributed by atoms with E-state index in [1.165, 1.54) is 31.2 Å². The van der Waals surface area contributed by atoms with Crippen molar-refractivity contribution in [2.24, 2.45) is 0 Å². The number of carboxylic acid groups (broad SMARTS) is 1. The van der Waals surface area contributed by atoms with Crippen molar-refractivity contribution in [2.75, 3.05) is 0 Å². The van der Waals surface area contributed by atoms with Gasteiger partial charge in [0.1, 0.15) is 0 Å². The molecule has 0 saturated heterocycles. The lowest BCUT2D eigenvalue weighted by atomic mass is 9.97. The van der Waals surface area contributed by atoms with Gasteiger partial charge in [-0.05, 0) is 12.5 Å². The summed E-state index contributed by atoms with van der Waals surface area (Å²) in [6.07, 6.45) is -0.0969. The summed E-state index contributed by atoms with van der Waals surface area (Å²) in [7, 11) is 0. The normalized spacial score (nSPS) is 14.1. The number of non-ortho nitro benzene ring substituents is 1. The van der Waals surface area contributed by atoms with E-state index in [1.807, 2.05) is 0 Å². The third-order valence-electron chi connectivity index (χ3n) is 2.16. The second-order valence-electron chi connectivity index (χ2n) is 3.68. The molecule has 0 heterocycles. The van der Waals surface area contributed by atoms with Crippen LogP contribution in [0.2, 0.25) is 0 Å². The van der Waals surface area contributed by atoms with Crippen molar-refractivity contribution in [3.63, 3.8) is 0 Å². The van der Waals surface area contributed by atoms with Crippen molar-refractivity contribution < 1.29 is 19.9 Å². The number of nitro benzene ring substituents is 1. The second-order valence-corrected chi connectivity index (χ2v) is 3.68. The van der Waals surface area contributed by atoms with Gasteiger partial charge in [-0.3, -0.25) is 10.1 Å². The highest BCUT2D eigenvalue weighted by atomic mass is 16.6. The number of benzene rings is 1. The topological polar surface area (TPSA) is 101 Å². The average molecular weight is 225 g/mol. The third kappa shape index (κ3) is 2.77. The molecule has 1 unspecified atom stereocenters. The van der Waals surface area contributed by atoms with Gasteiger partial charge in [0, 0.05) is 18.6 Å². The molecule has 6 nitrogen and oxygen atoms in total. The fourth-order valence-electron chi connectivity index (χ4n) is 1.21. The number of carbonyl (C=O) groups is 1. The van der Waals surface area contributed by atoms with Gasteiger partial charge in [0.25, 0.3) is 5.69 Å². The number of carboxylic acids is 1. The number of hydrogen-bond donors (Lipinski definition) is 2. The zero-order valence-electron chi connectivity index (χ0n) is 8.58. The van der Waals surface area contributed by atoms with Gasteiger partial charge in [0.15, 0.2) is 5.60 Å². The summed E-state index contributed by atoms with van der Waals surface area (Å²) in [4.78, 5) is 20.5. The summed E-state index contributed by atoms with van der Waals surface area (Å²) in [5.41, 5.74) is -1.41. The minimum Gasteiger partial charge on any atom is -0.479 e. The van der Waals surface area contributed by atoms with Crippen molar-refractivity contribution in [3.05, 3.63) is 39.9 Å². The lowest BCUT2D eigenvalue weighted by Crippen LogP contribution is -2.37. The highest BCUT2D eigenvalue weighted by Gasteiger charge is 2.30. The van der Waals surface area contributed by atoms with E-state index in [-0.39, 0.29) is 12.1 Å². The van der Waals surface area contributed by atoms with Crippen molar-refractivity contribution in [1.29, 1.82) is 0 Å². The predicted molar refractivity (Wildman–Crippen MR) is 55.1 cm³/mol. The van der Waals surface area contributed by atoms with Gasteiger partial charge in [-0.15, -0.1) is 0 Å². The van der Waals surface area contributed by atoms with Crippen LogP contribution in [0, 0.1) is 10.1 Å². The maximum Gasteiger partial charge on any atom is 0.335 e. The first-order valence-electron chi connectivity index (χ1n) is 4.52. The van der Waals surface area contributed by atoms with Gasteiger partial charge < -0.3 is 10.2 Å². The Bertz CT molecular complexity index is 410. The van der Waals surface area contributed by atoms with Crippen molar-refractivity contribution in [3.8, 4) is 0 Å². The van der Waals surface area contributed by atoms with Crippen molar-refractivity contribution in [2.45, 2.75) is 18.9 Å². The molecule has 2 N–H and O–H groups in total. The fraction of sp³-hybridized carbons (Fsp3) is 0.300. The first-order chi connectivity index (χ1) is 7.33. The number of nitro groups is 1. The molecular weight excluding hydrogens is 214 g/mol. The van der Waals surface area contributed by atoms with Crippen LogP contribution in [0.15, 0.2) is 24.3 Å². The largest absolute Gasteiger partial charge is 0.479 e. The minimum absolute atomic E-state index is 0.0706. The highest BCUT2D eigenvalue weighted by Crippen LogP contribution is 2.17. The number of rotatable bonds is 4. The van der Waals surface area contributed by atoms with E-state index in [0.29, 0.717) is 5.56 Å². The van der Waals surface area contributed by atoms with Crippen LogP contribution in [0.3, 0.4) is 0 Å². The molecule has 0 radical (unpaired) electrons. The average Bonchev–Trinajstić information content (AvgIpc) is 2.17. The molecule has 6 heteroatoms. The molecule has 0 aliphatic heterocycles. The molecule has 0 aliphatic rings. The maximum absolute atomic E-state index is 10.6. The van der Waals surface area contributed by atoms with E-state index in [9.17, 15) is 20.0 Å². The molecule has 0 aromatic heterocycles. The van der Waals surface area contributed by atoms with Gasteiger partial charge >= 0.3 is 5.97 Å². The van der Waals surface area contributed by atoms with Crippen LogP contribution in [0.4, 0.5) is 5.69 Å². The van der Waals surface area contributed by atoms with E-state index in [1.54, 1.807) is 0 Å². The summed E-state index contributed by atoms with van der Waals surface area (Å²) >= 11 is 0. The van der Waals surface area contributed by atoms with Crippen LogP contribution < -0.4 is 0 Å². The van der Waals surface area contributed by atoms with Crippen LogP contribution in [0.1, 0.15) is 12.5 Å². The lowest BCUT2D eigenvalue weighted by Gasteiger charge is -2.17. The summed E-state index contributed by atoms with van der Waals surface area (Å²) < 4.78 is 0. The van der Waals surface area contributed by atoms with Crippen LogP contribution >= 0.6 is 0 Å². The Morgan fingerprint density at radius 1 is 1.44 bits per heavy atom. The molecule has 86 valence electrons. The molecule has 1 aromatic rings. The Morgan fingerprint density at radius 2 is 1.94 bits per heavy atom. The molecule has 1 rings (SSSR count). The Morgan fingerprint density at radius 3 is 2.31 bits per heavy atom. The van der Waals surface area contributed by atoms with E-state index < -0.39 is 16.5 Å². The molecule has 16 heavy (non-hydrogen) atoms. The fourth-order valence-corrected chi connectivity index (χ4v) is 1.21. The van der Waals surface area contributed by atoms with Gasteiger partial charge in [-0.2, -0.15) is 0 Å². The summed E-state index contributed by atoms with van der Waals surface area (Å²) in [6, 6.07) is 5.39. The van der Waals surface area contributed by atoms with Gasteiger partial charge in [-0.1, -0.05) is 12.1 Å². The molecule has 0 fully saturated rings. The monoisotopic (exact) mass is 225 g/mol. The Hall–Kier alpha value is -1.95. The van der Waals surface area contributed by atoms with Crippen LogP contribution in [-0.4, -0.2) is 26.7 Å². The second kappa shape index (κ2) is 4.28. The quantitative estimate of drug-likeness (QED) is 0.587. The SMILES string of the molecule is CC(O)(Cc1ccc([N+](=O)[O-])cc1)C(=O)O. The molecule has 1 atom stereocenters. The number of nitrogens with zero attached hydrogens (tertiary/aromatic N) is 1. The van der Waals surface area contributed by atoms with Crippen molar-refractivity contribution >= 4 is 11.7 Å². The van der Waals surface area contributed by atoms with E-state index in [0.717, 1.165) is 0 Å². The summed E-state index contributed by atoms with van der Waals surface area (Å²) in [6.45, 7) is 1.18. The number of aliphatic carboxylic acids is 1. The van der Waals surface area contributed by atoms with E-state index in [4.69, 9.17) is 5.11 Å². The maximum atomic E-state index is 10.6. The van der Waals surface area contributed by atoms with E-state index in [2.05, 4.69) is 0 Å². The number of hydrogen-bond acceptors (Lipinski definition) is 4. The van der Waals surface area contributed by atoms with E-state index >= 15 is 0 Å². The standard InChI is InChI=1S/C10H11NO5/c1-10(14,9(12)13)6-7-2-4-8(5-3-7)11(15)16/h2-5,14H,6H2,1H3,(H,12,13). The molecule has 1 aromatic carbocycles. The van der Waals surface area contributed by atoms with Gasteiger partial charge in [-0.25, -0.2) is 4.79 Å². The molecule has 0 amide bonds. The Labute approximate surface area is 91.3 Å².